The molecule has 0 aromatic heterocycles. The molecule has 0 saturated carbocycles. The Balaban J connectivity index is 1.79. The lowest BCUT2D eigenvalue weighted by atomic mass is 9.74. The Bertz CT molecular complexity index is 1150. The van der Waals surface area contributed by atoms with Gasteiger partial charge in [-0.2, -0.15) is 0 Å². The minimum Gasteiger partial charge on any atom is -0.497 e. The summed E-state index contributed by atoms with van der Waals surface area (Å²) >= 11 is 6.72. The lowest BCUT2D eigenvalue weighted by Gasteiger charge is -2.43. The molecule has 1 aliphatic carbocycles. The number of aryl methyl sites for hydroxylation is 1. The molecule has 5 nitrogen and oxygen atoms in total. The van der Waals surface area contributed by atoms with Crippen LogP contribution in [0.5, 0.6) is 11.5 Å². The summed E-state index contributed by atoms with van der Waals surface area (Å²) in [4.78, 5) is 11.3. The number of aliphatic carboxylic acids is 1. The Labute approximate surface area is 219 Å². The molecule has 0 unspecified atom stereocenters. The van der Waals surface area contributed by atoms with E-state index in [4.69, 9.17) is 25.8 Å². The molecule has 1 fully saturated rings. The van der Waals surface area contributed by atoms with Gasteiger partial charge in [-0.3, -0.25) is 0 Å². The van der Waals surface area contributed by atoms with E-state index in [1.165, 1.54) is 11.1 Å². The molecule has 0 radical (unpaired) electrons. The molecule has 1 saturated heterocycles. The van der Waals surface area contributed by atoms with Gasteiger partial charge in [0.05, 0.1) is 24.3 Å². The average molecular weight is 513 g/mol. The van der Waals surface area contributed by atoms with E-state index in [1.54, 1.807) is 7.11 Å². The number of carboxylic acids is 1. The molecule has 36 heavy (non-hydrogen) atoms. The van der Waals surface area contributed by atoms with Gasteiger partial charge in [-0.25, -0.2) is 4.79 Å². The van der Waals surface area contributed by atoms with Crippen LogP contribution >= 0.6 is 11.6 Å². The van der Waals surface area contributed by atoms with Crippen molar-refractivity contribution >= 4 is 17.6 Å². The van der Waals surface area contributed by atoms with E-state index in [2.05, 4.69) is 45.5 Å². The Morgan fingerprint density at radius 1 is 1.22 bits per heavy atom. The fourth-order valence-corrected chi connectivity index (χ4v) is 5.88. The van der Waals surface area contributed by atoms with E-state index >= 15 is 0 Å². The van der Waals surface area contributed by atoms with E-state index in [0.717, 1.165) is 48.1 Å². The summed E-state index contributed by atoms with van der Waals surface area (Å²) in [6.45, 7) is 12.3. The standard InChI is InChI=1S/C30H37ClO5/c1-17(2)22-15-23-21-11-10-20(34-6)12-18(21)8-7-9-26(23)36-28(22)24-13-19(30(3,4)5)14-25(31)29(24)35-16-27(32)33/h10-14,22-23,26,28H,1,7-9,15-16H2,2-6H3,(H,32,33)/t22-,23-,26+,28+/m1/s1. The van der Waals surface area contributed by atoms with Crippen molar-refractivity contribution in [3.05, 3.63) is 69.8 Å². The number of halogens is 1. The second-order valence-electron chi connectivity index (χ2n) is 11.2. The summed E-state index contributed by atoms with van der Waals surface area (Å²) in [5.41, 5.74) is 5.38. The van der Waals surface area contributed by atoms with E-state index < -0.39 is 12.6 Å². The molecule has 194 valence electrons. The lowest BCUT2D eigenvalue weighted by Crippen LogP contribution is -2.36. The highest BCUT2D eigenvalue weighted by atomic mass is 35.5. The molecule has 4 atom stereocenters. The second kappa shape index (κ2) is 10.5. The number of benzene rings is 2. The predicted molar refractivity (Wildman–Crippen MR) is 142 cm³/mol. The molecule has 2 aliphatic rings. The van der Waals surface area contributed by atoms with Crippen molar-refractivity contribution in [2.45, 2.75) is 76.9 Å². The second-order valence-corrected chi connectivity index (χ2v) is 11.6. The number of carboxylic acid groups (broad SMARTS) is 1. The summed E-state index contributed by atoms with van der Waals surface area (Å²) in [7, 11) is 1.70. The highest BCUT2D eigenvalue weighted by Crippen LogP contribution is 2.52. The maximum Gasteiger partial charge on any atom is 0.341 e. The zero-order chi connectivity index (χ0) is 26.2. The first kappa shape index (κ1) is 26.6. The van der Waals surface area contributed by atoms with Gasteiger partial charge in [-0.15, -0.1) is 0 Å². The van der Waals surface area contributed by atoms with Crippen LogP contribution in [-0.2, 0) is 21.4 Å². The van der Waals surface area contributed by atoms with Gasteiger partial charge in [0, 0.05) is 17.4 Å². The van der Waals surface area contributed by atoms with Gasteiger partial charge in [-0.05, 0) is 79.0 Å². The third-order valence-electron chi connectivity index (χ3n) is 7.55. The topological polar surface area (TPSA) is 65.0 Å². The molecule has 2 aromatic carbocycles. The van der Waals surface area contributed by atoms with Crippen molar-refractivity contribution in [3.63, 3.8) is 0 Å². The molecule has 4 rings (SSSR count). The molecule has 1 aliphatic heterocycles. The molecule has 0 spiro atoms. The van der Waals surface area contributed by atoms with Crippen molar-refractivity contribution in [2.75, 3.05) is 13.7 Å². The molecule has 0 amide bonds. The van der Waals surface area contributed by atoms with Crippen molar-refractivity contribution in [1.29, 1.82) is 0 Å². The zero-order valence-corrected chi connectivity index (χ0v) is 22.7. The average Bonchev–Trinajstić information content (AvgIpc) is 2.99. The molecule has 2 aromatic rings. The largest absolute Gasteiger partial charge is 0.497 e. The van der Waals surface area contributed by atoms with Crippen molar-refractivity contribution in [3.8, 4) is 11.5 Å². The first-order valence-electron chi connectivity index (χ1n) is 12.7. The monoisotopic (exact) mass is 512 g/mol. The van der Waals surface area contributed by atoms with Gasteiger partial charge in [0.1, 0.15) is 11.5 Å². The van der Waals surface area contributed by atoms with Gasteiger partial charge in [-0.1, -0.05) is 50.6 Å². The summed E-state index contributed by atoms with van der Waals surface area (Å²) in [6.07, 6.45) is 3.55. The van der Waals surface area contributed by atoms with Crippen LogP contribution in [0.3, 0.4) is 0 Å². The normalized spacial score (nSPS) is 23.7. The third kappa shape index (κ3) is 5.42. The fraction of sp³-hybridized carbons (Fsp3) is 0.500. The number of hydrogen-bond acceptors (Lipinski definition) is 4. The number of hydrogen-bond donors (Lipinski definition) is 1. The summed E-state index contributed by atoms with van der Waals surface area (Å²) < 4.78 is 18.2. The molecular weight excluding hydrogens is 476 g/mol. The maximum absolute atomic E-state index is 11.3. The molecule has 0 bridgehead atoms. The van der Waals surface area contributed by atoms with Crippen LogP contribution in [-0.4, -0.2) is 30.9 Å². The van der Waals surface area contributed by atoms with Crippen LogP contribution in [0, 0.1) is 5.92 Å². The van der Waals surface area contributed by atoms with Crippen LogP contribution < -0.4 is 9.47 Å². The third-order valence-corrected chi connectivity index (χ3v) is 7.83. The van der Waals surface area contributed by atoms with Crippen LogP contribution in [0.15, 0.2) is 42.5 Å². The van der Waals surface area contributed by atoms with Crippen molar-refractivity contribution in [1.82, 2.24) is 0 Å². The van der Waals surface area contributed by atoms with Crippen LogP contribution in [0.2, 0.25) is 5.02 Å². The Morgan fingerprint density at radius 3 is 2.61 bits per heavy atom. The van der Waals surface area contributed by atoms with E-state index in [1.807, 2.05) is 19.1 Å². The van der Waals surface area contributed by atoms with Crippen LogP contribution in [0.25, 0.3) is 0 Å². The summed E-state index contributed by atoms with van der Waals surface area (Å²) in [5.74, 6) is 0.496. The zero-order valence-electron chi connectivity index (χ0n) is 21.9. The SMILES string of the molecule is C=C(C)[C@H]1C[C@@H]2c3ccc(OC)cc3CCC[C@@H]2O[C@@H]1c1cc(C(C)(C)C)cc(Cl)c1OCC(=O)O. The quantitative estimate of drug-likeness (QED) is 0.413. The maximum atomic E-state index is 11.3. The first-order chi connectivity index (χ1) is 17.0. The van der Waals surface area contributed by atoms with Crippen molar-refractivity contribution < 1.29 is 24.1 Å². The summed E-state index contributed by atoms with van der Waals surface area (Å²) in [6, 6.07) is 10.3. The highest BCUT2D eigenvalue weighted by molar-refractivity contribution is 6.32. The molecular formula is C30H37ClO5. The Kier molecular flexibility index (Phi) is 7.72. The van der Waals surface area contributed by atoms with Crippen molar-refractivity contribution in [2.24, 2.45) is 5.92 Å². The van der Waals surface area contributed by atoms with Crippen LogP contribution in [0.1, 0.15) is 81.2 Å². The van der Waals surface area contributed by atoms with Gasteiger partial charge in [0.15, 0.2) is 6.61 Å². The lowest BCUT2D eigenvalue weighted by molar-refractivity contribution is -0.139. The smallest absolute Gasteiger partial charge is 0.341 e. The number of ether oxygens (including phenoxy) is 3. The minimum atomic E-state index is -1.05. The van der Waals surface area contributed by atoms with Gasteiger partial charge in [0.25, 0.3) is 0 Å². The number of methoxy groups -OCH3 is 1. The number of rotatable bonds is 6. The van der Waals surface area contributed by atoms with Gasteiger partial charge >= 0.3 is 5.97 Å². The number of fused-ring (bicyclic) bond motifs is 3. The molecule has 1 N–H and O–H groups in total. The number of carbonyl (C=O) groups is 1. The first-order valence-corrected chi connectivity index (χ1v) is 13.0. The molecule has 1 heterocycles. The minimum absolute atomic E-state index is 0.0257. The molecule has 6 heteroatoms. The van der Waals surface area contributed by atoms with Gasteiger partial charge < -0.3 is 19.3 Å². The van der Waals surface area contributed by atoms with Crippen LogP contribution in [0.4, 0.5) is 0 Å². The fourth-order valence-electron chi connectivity index (χ4n) is 5.60. The Morgan fingerprint density at radius 2 is 1.97 bits per heavy atom. The predicted octanol–water partition coefficient (Wildman–Crippen LogP) is 7.25. The van der Waals surface area contributed by atoms with E-state index in [-0.39, 0.29) is 29.5 Å². The van der Waals surface area contributed by atoms with E-state index in [9.17, 15) is 9.90 Å². The summed E-state index contributed by atoms with van der Waals surface area (Å²) in [5, 5.41) is 9.69. The van der Waals surface area contributed by atoms with E-state index in [0.29, 0.717) is 10.8 Å². The highest BCUT2D eigenvalue weighted by Gasteiger charge is 2.42. The Hall–Kier alpha value is -2.50. The van der Waals surface area contributed by atoms with Gasteiger partial charge in [0.2, 0.25) is 0 Å².